The number of halogens is 2. The summed E-state index contributed by atoms with van der Waals surface area (Å²) in [6.45, 7) is 0.768. The highest BCUT2D eigenvalue weighted by molar-refractivity contribution is 6.30. The fourth-order valence-corrected chi connectivity index (χ4v) is 1.27. The van der Waals surface area contributed by atoms with Gasteiger partial charge in [-0.25, -0.2) is 0 Å². The van der Waals surface area contributed by atoms with Gasteiger partial charge in [-0.3, -0.25) is 0 Å². The first-order valence-electron chi connectivity index (χ1n) is 3.75. The average Bonchev–Trinajstić information content (AvgIpc) is 2.05. The molecule has 0 heterocycles. The van der Waals surface area contributed by atoms with Crippen LogP contribution >= 0.6 is 11.6 Å². The van der Waals surface area contributed by atoms with E-state index in [9.17, 15) is 0 Å². The van der Waals surface area contributed by atoms with Gasteiger partial charge in [-0.15, -0.1) is 0 Å². The summed E-state index contributed by atoms with van der Waals surface area (Å²) in [5.41, 5.74) is 1.08. The summed E-state index contributed by atoms with van der Waals surface area (Å²) in [6.07, 6.45) is 0. The van der Waals surface area contributed by atoms with E-state index in [-0.39, 0.29) is 12.4 Å². The van der Waals surface area contributed by atoms with Gasteiger partial charge in [0.05, 0.1) is 7.11 Å². The van der Waals surface area contributed by atoms with E-state index in [0.717, 1.165) is 22.9 Å². The van der Waals surface area contributed by atoms with Crippen molar-refractivity contribution in [2.45, 2.75) is 6.54 Å². The Morgan fingerprint density at radius 3 is 2.69 bits per heavy atom. The highest BCUT2D eigenvalue weighted by atomic mass is 35.5. The van der Waals surface area contributed by atoms with Crippen LogP contribution in [0.2, 0.25) is 5.02 Å². The van der Waals surface area contributed by atoms with Gasteiger partial charge in [0.15, 0.2) is 0 Å². The van der Waals surface area contributed by atoms with Crippen LogP contribution in [0.25, 0.3) is 0 Å². The molecule has 74 valence electrons. The molecule has 1 rings (SSSR count). The zero-order valence-electron chi connectivity index (χ0n) is 7.60. The lowest BCUT2D eigenvalue weighted by Gasteiger charge is -2.07. The number of methoxy groups -OCH3 is 1. The van der Waals surface area contributed by atoms with Crippen LogP contribution < -0.4 is 22.5 Å². The summed E-state index contributed by atoms with van der Waals surface area (Å²) < 4.78 is 5.15. The van der Waals surface area contributed by atoms with Crippen LogP contribution in [-0.2, 0) is 6.54 Å². The van der Waals surface area contributed by atoms with Crippen molar-refractivity contribution in [1.82, 2.24) is 5.32 Å². The molecule has 0 aliphatic carbocycles. The lowest BCUT2D eigenvalue weighted by Crippen LogP contribution is -3.00. The second-order valence-electron chi connectivity index (χ2n) is 2.49. The predicted molar refractivity (Wildman–Crippen MR) is 50.8 cm³/mol. The van der Waals surface area contributed by atoms with Crippen molar-refractivity contribution in [2.75, 3.05) is 14.2 Å². The molecular formula is C9H12Cl2NO-. The van der Waals surface area contributed by atoms with Crippen molar-refractivity contribution in [2.24, 2.45) is 0 Å². The van der Waals surface area contributed by atoms with Crippen LogP contribution in [0.1, 0.15) is 5.56 Å². The largest absolute Gasteiger partial charge is 1.00 e. The van der Waals surface area contributed by atoms with E-state index in [1.807, 2.05) is 25.2 Å². The van der Waals surface area contributed by atoms with E-state index in [0.29, 0.717) is 0 Å². The van der Waals surface area contributed by atoms with Crippen LogP contribution in [0, 0.1) is 0 Å². The normalized spacial score (nSPS) is 9.15. The predicted octanol–water partition coefficient (Wildman–Crippen LogP) is -0.928. The van der Waals surface area contributed by atoms with Gasteiger partial charge in [0.2, 0.25) is 0 Å². The lowest BCUT2D eigenvalue weighted by molar-refractivity contribution is -0.00000274. The van der Waals surface area contributed by atoms with Gasteiger partial charge in [-0.05, 0) is 25.2 Å². The second-order valence-corrected chi connectivity index (χ2v) is 2.92. The molecule has 0 atom stereocenters. The molecule has 0 aliphatic rings. The first kappa shape index (κ1) is 12.6. The zero-order chi connectivity index (χ0) is 8.97. The first-order chi connectivity index (χ1) is 5.77. The molecule has 0 radical (unpaired) electrons. The first-order valence-corrected chi connectivity index (χ1v) is 4.12. The van der Waals surface area contributed by atoms with Crippen molar-refractivity contribution < 1.29 is 17.1 Å². The van der Waals surface area contributed by atoms with Crippen molar-refractivity contribution in [3.05, 3.63) is 28.8 Å². The highest BCUT2D eigenvalue weighted by Gasteiger charge is 2.01. The van der Waals surface area contributed by atoms with Crippen molar-refractivity contribution in [3.8, 4) is 5.75 Å². The van der Waals surface area contributed by atoms with E-state index in [1.54, 1.807) is 7.11 Å². The van der Waals surface area contributed by atoms with Crippen LogP contribution in [0.15, 0.2) is 18.2 Å². The molecule has 0 amide bonds. The highest BCUT2D eigenvalue weighted by Crippen LogP contribution is 2.21. The van der Waals surface area contributed by atoms with Crippen molar-refractivity contribution in [3.63, 3.8) is 0 Å². The summed E-state index contributed by atoms with van der Waals surface area (Å²) in [4.78, 5) is 0. The molecule has 0 aliphatic heterocycles. The quantitative estimate of drug-likeness (QED) is 0.712. The monoisotopic (exact) mass is 220 g/mol. The zero-order valence-corrected chi connectivity index (χ0v) is 9.12. The van der Waals surface area contributed by atoms with E-state index >= 15 is 0 Å². The van der Waals surface area contributed by atoms with Gasteiger partial charge in [0, 0.05) is 17.1 Å². The van der Waals surface area contributed by atoms with Crippen molar-refractivity contribution >= 4 is 11.6 Å². The molecule has 2 nitrogen and oxygen atoms in total. The van der Waals surface area contributed by atoms with E-state index in [1.165, 1.54) is 0 Å². The minimum atomic E-state index is 0. The third-order valence-electron chi connectivity index (χ3n) is 1.61. The maximum atomic E-state index is 5.83. The van der Waals surface area contributed by atoms with Crippen LogP contribution in [-0.4, -0.2) is 14.2 Å². The van der Waals surface area contributed by atoms with Crippen LogP contribution in [0.5, 0.6) is 5.75 Å². The third-order valence-corrected chi connectivity index (χ3v) is 1.84. The molecule has 1 aromatic rings. The lowest BCUT2D eigenvalue weighted by atomic mass is 10.2. The molecule has 0 saturated heterocycles. The standard InChI is InChI=1S/C9H12ClNO.ClH/c1-11-6-7-5-8(10)3-4-9(7)12-2;/h3-5,11H,6H2,1-2H3;1H/p-1. The Kier molecular flexibility index (Phi) is 5.88. The molecule has 0 saturated carbocycles. The minimum Gasteiger partial charge on any atom is -1.00 e. The summed E-state index contributed by atoms with van der Waals surface area (Å²) >= 11 is 5.83. The number of hydrogen-bond acceptors (Lipinski definition) is 2. The molecule has 0 aromatic heterocycles. The smallest absolute Gasteiger partial charge is 0.123 e. The number of nitrogens with one attached hydrogen (secondary N) is 1. The van der Waals surface area contributed by atoms with Gasteiger partial charge in [-0.1, -0.05) is 11.6 Å². The van der Waals surface area contributed by atoms with E-state index in [2.05, 4.69) is 5.32 Å². The van der Waals surface area contributed by atoms with E-state index < -0.39 is 0 Å². The average molecular weight is 221 g/mol. The topological polar surface area (TPSA) is 21.3 Å². The van der Waals surface area contributed by atoms with Crippen LogP contribution in [0.3, 0.4) is 0 Å². The summed E-state index contributed by atoms with van der Waals surface area (Å²) in [6, 6.07) is 5.59. The Balaban J connectivity index is 0.00000144. The molecular weight excluding hydrogens is 209 g/mol. The molecule has 0 unspecified atom stereocenters. The van der Waals surface area contributed by atoms with Gasteiger partial charge < -0.3 is 22.5 Å². The molecule has 4 heteroatoms. The molecule has 1 aromatic carbocycles. The SMILES string of the molecule is CNCc1cc(Cl)ccc1OC.[Cl-]. The fraction of sp³-hybridized carbons (Fsp3) is 0.333. The maximum Gasteiger partial charge on any atom is 0.123 e. The summed E-state index contributed by atoms with van der Waals surface area (Å²) in [5, 5.41) is 3.78. The van der Waals surface area contributed by atoms with Gasteiger partial charge in [0.1, 0.15) is 5.75 Å². The number of hydrogen-bond donors (Lipinski definition) is 1. The third kappa shape index (κ3) is 3.43. The summed E-state index contributed by atoms with van der Waals surface area (Å²) in [7, 11) is 3.54. The number of rotatable bonds is 3. The molecule has 0 fully saturated rings. The molecule has 0 bridgehead atoms. The minimum absolute atomic E-state index is 0. The Bertz CT molecular complexity index is 266. The molecule has 0 spiro atoms. The number of ether oxygens (including phenoxy) is 1. The van der Waals surface area contributed by atoms with Gasteiger partial charge in [-0.2, -0.15) is 0 Å². The summed E-state index contributed by atoms with van der Waals surface area (Å²) in [5.74, 6) is 0.869. The Morgan fingerprint density at radius 1 is 1.46 bits per heavy atom. The second kappa shape index (κ2) is 6.08. The van der Waals surface area contributed by atoms with E-state index in [4.69, 9.17) is 16.3 Å². The molecule has 13 heavy (non-hydrogen) atoms. The van der Waals surface area contributed by atoms with Crippen LogP contribution in [0.4, 0.5) is 0 Å². The maximum absolute atomic E-state index is 5.83. The Hall–Kier alpha value is -0.440. The van der Waals surface area contributed by atoms with Gasteiger partial charge in [0.25, 0.3) is 0 Å². The Morgan fingerprint density at radius 2 is 2.15 bits per heavy atom. The van der Waals surface area contributed by atoms with Crippen molar-refractivity contribution in [1.29, 1.82) is 0 Å². The fourth-order valence-electron chi connectivity index (χ4n) is 1.08. The van der Waals surface area contributed by atoms with Gasteiger partial charge >= 0.3 is 0 Å². The number of benzene rings is 1. The Labute approximate surface area is 89.6 Å². The molecule has 1 N–H and O–H groups in total.